The minimum atomic E-state index is 0.454. The highest BCUT2D eigenvalue weighted by atomic mass is 27.0. The predicted molar refractivity (Wildman–Crippen MR) is 77.0 cm³/mol. The first-order chi connectivity index (χ1) is 9.24. The number of nitrogens with zero attached hydrogens (tertiary/aromatic N) is 1. The summed E-state index contributed by atoms with van der Waals surface area (Å²) in [5.41, 5.74) is 0.454. The molecule has 0 amide bonds. The van der Waals surface area contributed by atoms with Crippen molar-refractivity contribution in [2.45, 2.75) is 0 Å². The molecule has 0 spiro atoms. The zero-order valence-corrected chi connectivity index (χ0v) is 11.4. The van der Waals surface area contributed by atoms with Crippen molar-refractivity contribution in [2.24, 2.45) is 0 Å². The molecule has 0 bridgehead atoms. The lowest BCUT2D eigenvalue weighted by Crippen LogP contribution is -2.06. The fourth-order valence-corrected chi connectivity index (χ4v) is 2.21. The summed E-state index contributed by atoms with van der Waals surface area (Å²) < 4.78 is 6.87. The van der Waals surface area contributed by atoms with Crippen LogP contribution in [0.4, 0.5) is 0 Å². The van der Waals surface area contributed by atoms with Crippen molar-refractivity contribution in [3.05, 3.63) is 67.2 Å². The van der Waals surface area contributed by atoms with Gasteiger partial charge in [0.05, 0.1) is 0 Å². The third kappa shape index (κ3) is 2.49. The molecule has 0 fully saturated rings. The van der Waals surface area contributed by atoms with Gasteiger partial charge in [-0.3, -0.25) is 0 Å². The second-order valence-corrected chi connectivity index (χ2v) is 4.84. The summed E-state index contributed by atoms with van der Waals surface area (Å²) in [7, 11) is 0. The molecule has 1 heterocycles. The predicted octanol–water partition coefficient (Wildman–Crippen LogP) is 2.88. The standard InChI is InChI=1S/C16H10NO.Al/c1-12-11-13-7-5-6-10-15(13)16(17-12)18-14-8-3-2-4-9-14;/h1-8,10-11H;. The van der Waals surface area contributed by atoms with Gasteiger partial charge in [-0.2, -0.15) is 0 Å². The van der Waals surface area contributed by atoms with Gasteiger partial charge in [0.2, 0.25) is 5.88 Å². The van der Waals surface area contributed by atoms with Crippen LogP contribution in [-0.2, 0) is 0 Å². The van der Waals surface area contributed by atoms with E-state index in [1.165, 1.54) is 0 Å². The molecule has 0 unspecified atom stereocenters. The van der Waals surface area contributed by atoms with Crippen molar-refractivity contribution in [1.29, 1.82) is 0 Å². The molecular formula is C16H10AlNO. The number of rotatable bonds is 2. The van der Waals surface area contributed by atoms with Crippen LogP contribution in [0.2, 0.25) is 0 Å². The lowest BCUT2D eigenvalue weighted by molar-refractivity contribution is 0.472. The second-order valence-electron chi connectivity index (χ2n) is 4.21. The monoisotopic (exact) mass is 259 g/mol. The Morgan fingerprint density at radius 1 is 1.00 bits per heavy atom. The highest BCUT2D eigenvalue weighted by Crippen LogP contribution is 2.27. The van der Waals surface area contributed by atoms with Gasteiger partial charge in [-0.15, -0.1) is 0 Å². The van der Waals surface area contributed by atoms with E-state index in [1.54, 1.807) is 0 Å². The zero-order chi connectivity index (χ0) is 13.2. The van der Waals surface area contributed by atoms with Gasteiger partial charge in [-0.1, -0.05) is 40.8 Å². The maximum atomic E-state index is 5.89. The smallest absolute Gasteiger partial charge is 0.227 e. The lowest BCUT2D eigenvalue weighted by atomic mass is 10.1. The average molecular weight is 259 g/mol. The van der Waals surface area contributed by atoms with Crippen molar-refractivity contribution < 1.29 is 4.74 Å². The Kier molecular flexibility index (Phi) is 3.25. The first-order valence-electron chi connectivity index (χ1n) is 5.91. The molecule has 2 aromatic carbocycles. The summed E-state index contributed by atoms with van der Waals surface area (Å²) in [6.07, 6.45) is 0. The highest BCUT2D eigenvalue weighted by Gasteiger charge is 2.07. The van der Waals surface area contributed by atoms with E-state index in [0.29, 0.717) is 11.6 Å². The average Bonchev–Trinajstić information content (AvgIpc) is 2.41. The number of hydrogen-bond donors (Lipinski definition) is 0. The van der Waals surface area contributed by atoms with Gasteiger partial charge in [0, 0.05) is 18.0 Å². The molecule has 3 heteroatoms. The third-order valence-corrected chi connectivity index (χ3v) is 3.33. The van der Waals surface area contributed by atoms with Crippen molar-refractivity contribution in [3.8, 4) is 11.6 Å². The van der Waals surface area contributed by atoms with E-state index in [9.17, 15) is 0 Å². The summed E-state index contributed by atoms with van der Waals surface area (Å²) in [5.74, 6) is 1.29. The normalized spacial score (nSPS) is 10.6. The van der Waals surface area contributed by atoms with Crippen molar-refractivity contribution >= 4 is 31.5 Å². The summed E-state index contributed by atoms with van der Waals surface area (Å²) in [6, 6.07) is 17.5. The molecule has 0 aliphatic carbocycles. The molecule has 0 N–H and O–H groups in total. The lowest BCUT2D eigenvalue weighted by Gasteiger charge is -2.11. The Labute approximate surface area is 120 Å². The summed E-state index contributed by atoms with van der Waals surface area (Å²) in [4.78, 5) is 4.28. The van der Waals surface area contributed by atoms with E-state index in [-0.39, 0.29) is 0 Å². The largest absolute Gasteiger partial charge is 0.440 e. The number of benzene rings is 2. The Balaban J connectivity index is 2.13. The highest BCUT2D eigenvalue weighted by molar-refractivity contribution is 6.34. The van der Waals surface area contributed by atoms with Gasteiger partial charge in [0.1, 0.15) is 5.75 Å². The van der Waals surface area contributed by atoms with Crippen LogP contribution >= 0.6 is 0 Å². The topological polar surface area (TPSA) is 22.1 Å². The minimum Gasteiger partial charge on any atom is -0.440 e. The molecule has 3 rings (SSSR count). The Morgan fingerprint density at radius 3 is 2.58 bits per heavy atom. The summed E-state index contributed by atoms with van der Waals surface area (Å²) in [6.45, 7) is 5.82. The zero-order valence-electron chi connectivity index (χ0n) is 10.2. The molecule has 88 valence electrons. The van der Waals surface area contributed by atoms with Gasteiger partial charge in [0.25, 0.3) is 0 Å². The van der Waals surface area contributed by atoms with E-state index in [1.807, 2.05) is 54.6 Å². The van der Waals surface area contributed by atoms with E-state index < -0.39 is 0 Å². The van der Waals surface area contributed by atoms with Crippen molar-refractivity contribution in [3.63, 3.8) is 0 Å². The van der Waals surface area contributed by atoms with Crippen molar-refractivity contribution in [1.82, 2.24) is 4.98 Å². The molecular weight excluding hydrogens is 249 g/mol. The number of fused-ring (bicyclic) bond motifs is 1. The van der Waals surface area contributed by atoms with Crippen LogP contribution in [0.25, 0.3) is 10.8 Å². The van der Waals surface area contributed by atoms with Crippen LogP contribution in [-0.4, -0.2) is 21.3 Å². The molecule has 19 heavy (non-hydrogen) atoms. The fraction of sp³-hybridized carbons (Fsp3) is 0. The van der Waals surface area contributed by atoms with Crippen LogP contribution in [0, 0.1) is 6.92 Å². The fourth-order valence-electron chi connectivity index (χ4n) is 1.94. The van der Waals surface area contributed by atoms with Gasteiger partial charge in [-0.05, 0) is 23.6 Å². The minimum absolute atomic E-state index is 0.454. The van der Waals surface area contributed by atoms with Crippen LogP contribution in [0.5, 0.6) is 11.6 Å². The molecule has 1 aromatic heterocycles. The van der Waals surface area contributed by atoms with Gasteiger partial charge < -0.3 is 4.74 Å². The molecule has 0 aliphatic heterocycles. The summed E-state index contributed by atoms with van der Waals surface area (Å²) in [5, 5.41) is 1.97. The van der Waals surface area contributed by atoms with Gasteiger partial charge >= 0.3 is 0 Å². The van der Waals surface area contributed by atoms with E-state index >= 15 is 0 Å². The molecule has 0 atom stereocenters. The van der Waals surface area contributed by atoms with Gasteiger partial charge in [-0.25, -0.2) is 4.98 Å². The van der Waals surface area contributed by atoms with Crippen molar-refractivity contribution in [2.75, 3.05) is 0 Å². The van der Waals surface area contributed by atoms with Crippen LogP contribution in [0.1, 0.15) is 5.69 Å². The molecule has 2 nitrogen and oxygen atoms in total. The molecule has 0 aliphatic rings. The maximum absolute atomic E-state index is 5.89. The van der Waals surface area contributed by atoms with Crippen LogP contribution < -0.4 is 9.16 Å². The molecule has 0 saturated carbocycles. The van der Waals surface area contributed by atoms with E-state index in [4.69, 9.17) is 11.7 Å². The molecule has 0 saturated heterocycles. The second kappa shape index (κ2) is 5.05. The third-order valence-electron chi connectivity index (χ3n) is 2.85. The Hall–Kier alpha value is -1.82. The van der Waals surface area contributed by atoms with Crippen LogP contribution in [0.3, 0.4) is 0 Å². The quantitative estimate of drug-likeness (QED) is 0.660. The van der Waals surface area contributed by atoms with E-state index in [0.717, 1.165) is 20.9 Å². The number of aromatic nitrogens is 1. The number of para-hydroxylation sites is 1. The number of hydrogen-bond acceptors (Lipinski definition) is 2. The number of ether oxygens (including phenoxy) is 1. The van der Waals surface area contributed by atoms with Gasteiger partial charge in [0.15, 0.2) is 16.3 Å². The number of pyridine rings is 1. The van der Waals surface area contributed by atoms with Crippen LogP contribution in [0.15, 0.2) is 54.6 Å². The maximum Gasteiger partial charge on any atom is 0.227 e. The Morgan fingerprint density at radius 2 is 1.74 bits per heavy atom. The first-order valence-corrected chi connectivity index (χ1v) is 6.49. The summed E-state index contributed by atoms with van der Waals surface area (Å²) >= 11 is 2.65. The SMILES string of the molecule is [CH]c1cc2ccccc2c(Oc2cccc[c]2[Al])n1. The molecule has 4 radical (unpaired) electrons. The molecule has 3 aromatic rings. The van der Waals surface area contributed by atoms with E-state index in [2.05, 4.69) is 21.3 Å². The first kappa shape index (κ1) is 12.2. The Bertz CT molecular complexity index is 740.